The van der Waals surface area contributed by atoms with Crippen LogP contribution in [-0.4, -0.2) is 83.3 Å². The largest absolute Gasteiger partial charge is 0.463 e. The van der Waals surface area contributed by atoms with Crippen molar-refractivity contribution >= 4 is 30.0 Å². The summed E-state index contributed by atoms with van der Waals surface area (Å²) in [6.45, 7) is 8.71. The number of unbranched alkanes of at least 4 members (excludes halogenated alkanes) is 1. The lowest BCUT2D eigenvalue weighted by molar-refractivity contribution is -0.162. The van der Waals surface area contributed by atoms with Crippen molar-refractivity contribution < 1.29 is 38.4 Å². The van der Waals surface area contributed by atoms with Crippen LogP contribution in [0.4, 0.5) is 0 Å². The zero-order valence-electron chi connectivity index (χ0n) is 28.0. The van der Waals surface area contributed by atoms with Crippen molar-refractivity contribution in [2.24, 2.45) is 22.6 Å². The number of aromatic amines is 1. The second-order valence-electron chi connectivity index (χ2n) is 13.1. The van der Waals surface area contributed by atoms with E-state index in [0.29, 0.717) is 6.61 Å². The first-order chi connectivity index (χ1) is 22.3. The number of amides is 1. The van der Waals surface area contributed by atoms with Gasteiger partial charge in [0.1, 0.15) is 42.9 Å². The van der Waals surface area contributed by atoms with Gasteiger partial charge >= 0.3 is 11.9 Å². The summed E-state index contributed by atoms with van der Waals surface area (Å²) >= 11 is 0. The van der Waals surface area contributed by atoms with Crippen molar-refractivity contribution in [3.05, 3.63) is 23.5 Å². The number of ether oxygens (including phenoxy) is 4. The summed E-state index contributed by atoms with van der Waals surface area (Å²) in [6.07, 6.45) is 3.48. The van der Waals surface area contributed by atoms with Gasteiger partial charge in [0.2, 0.25) is 5.60 Å². The van der Waals surface area contributed by atoms with Gasteiger partial charge in [-0.15, -0.1) is 0 Å². The minimum Gasteiger partial charge on any atom is -0.463 e. The number of nitrogens with zero attached hydrogens (tertiary/aromatic N) is 2. The number of H-pyrrole nitrogens is 1. The van der Waals surface area contributed by atoms with Crippen LogP contribution in [0.1, 0.15) is 97.4 Å². The highest BCUT2D eigenvalue weighted by Crippen LogP contribution is 2.41. The Morgan fingerprint density at radius 2 is 2.00 bits per heavy atom. The molecule has 1 amide bonds. The number of rotatable bonds is 15. The molecular weight excluding hydrogens is 608 g/mol. The molecule has 260 valence electrons. The van der Waals surface area contributed by atoms with Gasteiger partial charge in [0.25, 0.3) is 5.91 Å². The third kappa shape index (κ3) is 9.47. The number of carbonyl (C=O) groups excluding carboxylic acids is 3. The van der Waals surface area contributed by atoms with Crippen molar-refractivity contribution in [2.75, 3.05) is 13.2 Å². The summed E-state index contributed by atoms with van der Waals surface area (Å²) < 4.78 is 23.0. The zero-order chi connectivity index (χ0) is 34.8. The zero-order valence-corrected chi connectivity index (χ0v) is 28.0. The van der Waals surface area contributed by atoms with Crippen LogP contribution in [0.3, 0.4) is 0 Å². The minimum absolute atomic E-state index is 0.0388. The number of nitrogens with one attached hydrogen (secondary N) is 3. The number of esters is 2. The van der Waals surface area contributed by atoms with E-state index in [1.165, 1.54) is 12.1 Å². The first-order valence-electron chi connectivity index (χ1n) is 16.4. The van der Waals surface area contributed by atoms with E-state index in [4.69, 9.17) is 30.1 Å². The van der Waals surface area contributed by atoms with Crippen LogP contribution in [0.25, 0.3) is 0 Å². The van der Waals surface area contributed by atoms with E-state index in [9.17, 15) is 24.8 Å². The second-order valence-corrected chi connectivity index (χ2v) is 13.1. The lowest BCUT2D eigenvalue weighted by atomic mass is 9.87. The molecule has 0 unspecified atom stereocenters. The van der Waals surface area contributed by atoms with Crippen LogP contribution in [0.15, 0.2) is 17.1 Å². The van der Waals surface area contributed by atoms with Gasteiger partial charge in [-0.3, -0.25) is 19.8 Å². The summed E-state index contributed by atoms with van der Waals surface area (Å²) in [4.78, 5) is 45.6. The summed E-state index contributed by atoms with van der Waals surface area (Å²) in [7, 11) is 0. The lowest BCUT2D eigenvalue weighted by Crippen LogP contribution is -2.47. The van der Waals surface area contributed by atoms with E-state index >= 15 is 0 Å². The average Bonchev–Trinajstić information content (AvgIpc) is 3.63. The van der Waals surface area contributed by atoms with Crippen molar-refractivity contribution in [3.63, 3.8) is 0 Å². The molecular formula is C33H50N6O8. The Balaban J connectivity index is 1.86. The number of aliphatic hydroxyl groups excluding tert-OH is 1. The van der Waals surface area contributed by atoms with Crippen molar-refractivity contribution in [1.82, 2.24) is 10.3 Å². The number of nitrogens with two attached hydrogens (primary N) is 1. The standard InChI is InChI=1S/C33H50N6O8/c1-6-7-15-45-32(4,5)31(43)39-29(37-19-35)22-13-14-24(38-22)33(18-34)28(41)27(46-30(42)26(36)20(2)3)23(47-33)17-44-25(40)16-21-11-9-8-10-12-21/h13-14,19-21,23,26-28,38,41H,6-12,15-17,36H2,1-5H3,(H2,35,37,39,43)/t23-,26-,27-,28-,33+/m1/s1. The molecule has 2 heterocycles. The van der Waals surface area contributed by atoms with Crippen molar-refractivity contribution in [3.8, 4) is 6.07 Å². The van der Waals surface area contributed by atoms with Gasteiger partial charge in [-0.25, -0.2) is 4.99 Å². The van der Waals surface area contributed by atoms with Gasteiger partial charge in [-0.05, 0) is 57.1 Å². The van der Waals surface area contributed by atoms with Crippen LogP contribution < -0.4 is 11.1 Å². The first-order valence-corrected chi connectivity index (χ1v) is 16.4. The molecule has 14 nitrogen and oxygen atoms in total. The number of carbonyl (C=O) groups is 3. The van der Waals surface area contributed by atoms with Gasteiger partial charge < -0.3 is 40.1 Å². The Kier molecular flexibility index (Phi) is 13.6. The maximum atomic E-state index is 13.1. The molecule has 2 aliphatic rings. The molecule has 5 atom stereocenters. The molecule has 0 radical (unpaired) electrons. The SMILES string of the molecule is CCCCOC(C)(C)C(=O)N/C(=N/C=N)c1ccc([C@]2(C#N)O[C@H](COC(=O)CC3CCCCC3)[C@@H](OC(=O)[C@H](N)C(C)C)[C@H]2O)[nH]1. The fourth-order valence-electron chi connectivity index (χ4n) is 5.58. The molecule has 1 saturated carbocycles. The Bertz CT molecular complexity index is 1310. The van der Waals surface area contributed by atoms with Crippen molar-refractivity contribution in [1.29, 1.82) is 10.7 Å². The van der Waals surface area contributed by atoms with Gasteiger partial charge in [0.05, 0.1) is 11.4 Å². The number of hydrogen-bond acceptors (Lipinski definition) is 11. The molecule has 47 heavy (non-hydrogen) atoms. The number of hydrogen-bond donors (Lipinski definition) is 5. The Morgan fingerprint density at radius 3 is 2.62 bits per heavy atom. The fraction of sp³-hybridized carbons (Fsp3) is 0.697. The molecule has 1 aromatic rings. The quantitative estimate of drug-likeness (QED) is 0.0802. The number of nitriles is 1. The third-order valence-corrected chi connectivity index (χ3v) is 8.70. The lowest BCUT2D eigenvalue weighted by Gasteiger charge is -2.25. The normalized spacial score (nSPS) is 24.4. The van der Waals surface area contributed by atoms with Gasteiger partial charge in [0, 0.05) is 13.0 Å². The molecule has 0 bridgehead atoms. The van der Waals surface area contributed by atoms with E-state index in [2.05, 4.69) is 15.3 Å². The summed E-state index contributed by atoms with van der Waals surface area (Å²) in [5.74, 6) is -1.85. The fourth-order valence-corrected chi connectivity index (χ4v) is 5.58. The number of aromatic nitrogens is 1. The molecule has 0 spiro atoms. The summed E-state index contributed by atoms with van der Waals surface area (Å²) in [6, 6.07) is 3.93. The van der Waals surface area contributed by atoms with E-state index in [1.54, 1.807) is 27.7 Å². The van der Waals surface area contributed by atoms with E-state index < -0.39 is 53.4 Å². The van der Waals surface area contributed by atoms with Crippen LogP contribution >= 0.6 is 0 Å². The molecule has 14 heteroatoms. The van der Waals surface area contributed by atoms with Crippen LogP contribution in [-0.2, 0) is 38.9 Å². The molecule has 2 fully saturated rings. The van der Waals surface area contributed by atoms with Crippen molar-refractivity contribution in [2.45, 2.75) is 122 Å². The molecule has 3 rings (SSSR count). The van der Waals surface area contributed by atoms with E-state index in [1.807, 2.05) is 13.0 Å². The number of aliphatic hydroxyl groups is 1. The predicted octanol–water partition coefficient (Wildman–Crippen LogP) is 2.97. The van der Waals surface area contributed by atoms with Crippen LogP contribution in [0.5, 0.6) is 0 Å². The maximum Gasteiger partial charge on any atom is 0.323 e. The molecule has 1 aromatic heterocycles. The average molecular weight is 659 g/mol. The van der Waals surface area contributed by atoms with Gasteiger partial charge in [0.15, 0.2) is 11.9 Å². The maximum absolute atomic E-state index is 13.1. The molecule has 6 N–H and O–H groups in total. The van der Waals surface area contributed by atoms with Gasteiger partial charge in [-0.2, -0.15) is 5.26 Å². The summed E-state index contributed by atoms with van der Waals surface area (Å²) in [5, 5.41) is 32.1. The summed E-state index contributed by atoms with van der Waals surface area (Å²) in [5.41, 5.74) is 2.95. The minimum atomic E-state index is -2.10. The molecule has 1 aliphatic heterocycles. The van der Waals surface area contributed by atoms with Crippen LogP contribution in [0.2, 0.25) is 0 Å². The number of aliphatic imine (C=N–C) groups is 1. The van der Waals surface area contributed by atoms with E-state index in [-0.39, 0.29) is 42.1 Å². The second kappa shape index (κ2) is 17.0. The Morgan fingerprint density at radius 1 is 1.30 bits per heavy atom. The highest BCUT2D eigenvalue weighted by atomic mass is 16.6. The first kappa shape index (κ1) is 37.8. The monoisotopic (exact) mass is 658 g/mol. The predicted molar refractivity (Wildman–Crippen MR) is 172 cm³/mol. The van der Waals surface area contributed by atoms with Crippen LogP contribution in [0, 0.1) is 28.6 Å². The molecule has 1 saturated heterocycles. The highest BCUT2D eigenvalue weighted by molar-refractivity contribution is 6.10. The molecule has 1 aliphatic carbocycles. The third-order valence-electron chi connectivity index (χ3n) is 8.70. The highest BCUT2D eigenvalue weighted by Gasteiger charge is 2.59. The van der Waals surface area contributed by atoms with E-state index in [0.717, 1.165) is 51.3 Å². The molecule has 0 aromatic carbocycles. The topological polar surface area (TPSA) is 222 Å². The number of amidine groups is 1. The Labute approximate surface area is 276 Å². The van der Waals surface area contributed by atoms with Gasteiger partial charge in [-0.1, -0.05) is 46.5 Å². The smallest absolute Gasteiger partial charge is 0.323 e. The Hall–Kier alpha value is -3.64.